The Bertz CT molecular complexity index is 756. The van der Waals surface area contributed by atoms with Crippen LogP contribution in [0.25, 0.3) is 10.9 Å². The minimum absolute atomic E-state index is 0.237. The van der Waals surface area contributed by atoms with Gasteiger partial charge in [-0.15, -0.1) is 0 Å². The van der Waals surface area contributed by atoms with E-state index in [9.17, 15) is 4.39 Å². The van der Waals surface area contributed by atoms with Gasteiger partial charge in [-0.05, 0) is 30.2 Å². The summed E-state index contributed by atoms with van der Waals surface area (Å²) in [6.07, 6.45) is 4.33. The molecule has 6 heteroatoms. The molecule has 3 aromatic rings. The Balaban J connectivity index is 1.66. The molecule has 0 bridgehead atoms. The van der Waals surface area contributed by atoms with Gasteiger partial charge < -0.3 is 15.0 Å². The van der Waals surface area contributed by atoms with Crippen molar-refractivity contribution in [3.8, 4) is 5.88 Å². The Morgan fingerprint density at radius 3 is 3.10 bits per heavy atom. The highest BCUT2D eigenvalue weighted by atomic mass is 19.1. The van der Waals surface area contributed by atoms with E-state index in [0.717, 1.165) is 22.9 Å². The van der Waals surface area contributed by atoms with Crippen LogP contribution in [0.1, 0.15) is 5.56 Å². The van der Waals surface area contributed by atoms with Crippen LogP contribution < -0.4 is 10.1 Å². The summed E-state index contributed by atoms with van der Waals surface area (Å²) in [5.41, 5.74) is 1.93. The van der Waals surface area contributed by atoms with Crippen LogP contribution in [-0.2, 0) is 6.42 Å². The summed E-state index contributed by atoms with van der Waals surface area (Å²) in [4.78, 5) is 11.4. The summed E-state index contributed by atoms with van der Waals surface area (Å²) < 4.78 is 18.2. The van der Waals surface area contributed by atoms with E-state index in [1.165, 1.54) is 12.1 Å². The Morgan fingerprint density at radius 1 is 1.33 bits per heavy atom. The summed E-state index contributed by atoms with van der Waals surface area (Å²) in [6, 6.07) is 6.45. The largest absolute Gasteiger partial charge is 0.481 e. The van der Waals surface area contributed by atoms with Crippen molar-refractivity contribution in [2.24, 2.45) is 0 Å². The quantitative estimate of drug-likeness (QED) is 0.757. The lowest BCUT2D eigenvalue weighted by atomic mass is 10.1. The van der Waals surface area contributed by atoms with Crippen molar-refractivity contribution in [3.05, 3.63) is 48.0 Å². The maximum Gasteiger partial charge on any atom is 0.225 e. The van der Waals surface area contributed by atoms with Crippen LogP contribution in [0.15, 0.2) is 36.7 Å². The zero-order valence-electron chi connectivity index (χ0n) is 11.6. The van der Waals surface area contributed by atoms with Crippen LogP contribution >= 0.6 is 0 Å². The van der Waals surface area contributed by atoms with Gasteiger partial charge in [0.05, 0.1) is 7.11 Å². The predicted octanol–water partition coefficient (Wildman–Crippen LogP) is 2.76. The lowest BCUT2D eigenvalue weighted by Crippen LogP contribution is -2.08. The lowest BCUT2D eigenvalue weighted by Gasteiger charge is -2.05. The van der Waals surface area contributed by atoms with Gasteiger partial charge >= 0.3 is 0 Å². The van der Waals surface area contributed by atoms with Crippen LogP contribution in [-0.4, -0.2) is 28.6 Å². The van der Waals surface area contributed by atoms with E-state index in [2.05, 4.69) is 20.3 Å². The van der Waals surface area contributed by atoms with Crippen molar-refractivity contribution in [2.45, 2.75) is 6.42 Å². The number of hydrogen-bond acceptors (Lipinski definition) is 4. The molecule has 0 amide bonds. The van der Waals surface area contributed by atoms with E-state index in [-0.39, 0.29) is 5.82 Å². The van der Waals surface area contributed by atoms with E-state index in [1.807, 2.05) is 6.20 Å². The molecule has 2 N–H and O–H groups in total. The van der Waals surface area contributed by atoms with Gasteiger partial charge in [0.25, 0.3) is 0 Å². The summed E-state index contributed by atoms with van der Waals surface area (Å²) in [5, 5.41) is 4.18. The van der Waals surface area contributed by atoms with E-state index >= 15 is 0 Å². The van der Waals surface area contributed by atoms with Crippen molar-refractivity contribution < 1.29 is 9.13 Å². The van der Waals surface area contributed by atoms with Crippen LogP contribution in [0, 0.1) is 5.82 Å². The normalized spacial score (nSPS) is 10.8. The molecule has 0 spiro atoms. The molecule has 2 heterocycles. The van der Waals surface area contributed by atoms with Gasteiger partial charge in [-0.1, -0.05) is 0 Å². The second-order valence-corrected chi connectivity index (χ2v) is 4.60. The molecule has 0 saturated carbocycles. The van der Waals surface area contributed by atoms with Gasteiger partial charge in [0, 0.05) is 35.9 Å². The summed E-state index contributed by atoms with van der Waals surface area (Å²) in [7, 11) is 1.57. The number of fused-ring (bicyclic) bond motifs is 1. The number of hydrogen-bond donors (Lipinski definition) is 2. The van der Waals surface area contributed by atoms with Gasteiger partial charge in [0.15, 0.2) is 0 Å². The Morgan fingerprint density at radius 2 is 2.24 bits per heavy atom. The fourth-order valence-corrected chi connectivity index (χ4v) is 2.22. The maximum atomic E-state index is 13.1. The molecular formula is C15H15FN4O. The molecule has 5 nitrogen and oxygen atoms in total. The van der Waals surface area contributed by atoms with Crippen LogP contribution in [0.3, 0.4) is 0 Å². The first-order valence-corrected chi connectivity index (χ1v) is 6.62. The van der Waals surface area contributed by atoms with Crippen molar-refractivity contribution >= 4 is 16.9 Å². The van der Waals surface area contributed by atoms with E-state index in [0.29, 0.717) is 18.4 Å². The van der Waals surface area contributed by atoms with Crippen LogP contribution in [0.5, 0.6) is 5.88 Å². The molecule has 0 atom stereocenters. The smallest absolute Gasteiger partial charge is 0.225 e. The van der Waals surface area contributed by atoms with Crippen molar-refractivity contribution in [1.29, 1.82) is 0 Å². The Kier molecular flexibility index (Phi) is 3.68. The predicted molar refractivity (Wildman–Crippen MR) is 79.0 cm³/mol. The lowest BCUT2D eigenvalue weighted by molar-refractivity contribution is 0.397. The molecular weight excluding hydrogens is 271 g/mol. The van der Waals surface area contributed by atoms with E-state index in [1.54, 1.807) is 25.4 Å². The third-order valence-electron chi connectivity index (χ3n) is 3.25. The average molecular weight is 286 g/mol. The molecule has 3 rings (SSSR count). The molecule has 0 aliphatic carbocycles. The second kappa shape index (κ2) is 5.78. The van der Waals surface area contributed by atoms with E-state index in [4.69, 9.17) is 4.74 Å². The number of nitrogens with zero attached hydrogens (tertiary/aromatic N) is 2. The summed E-state index contributed by atoms with van der Waals surface area (Å²) >= 11 is 0. The number of aromatic amines is 1. The zero-order chi connectivity index (χ0) is 14.7. The highest BCUT2D eigenvalue weighted by molar-refractivity contribution is 5.83. The molecule has 0 aliphatic rings. The Hall–Kier alpha value is -2.63. The standard InChI is InChI=1S/C15H15FN4O/c1-21-14-5-7-18-15(20-14)17-6-4-10-9-19-13-8-11(16)2-3-12(10)13/h2-3,5,7-9,19H,4,6H2,1H3,(H,17,18,20). The van der Waals surface area contributed by atoms with Crippen LogP contribution in [0.2, 0.25) is 0 Å². The summed E-state index contributed by atoms with van der Waals surface area (Å²) in [5.74, 6) is 0.814. The molecule has 21 heavy (non-hydrogen) atoms. The number of benzene rings is 1. The number of nitrogens with one attached hydrogen (secondary N) is 2. The topological polar surface area (TPSA) is 62.8 Å². The highest BCUT2D eigenvalue weighted by Gasteiger charge is 2.05. The van der Waals surface area contributed by atoms with Crippen molar-refractivity contribution in [3.63, 3.8) is 0 Å². The molecule has 0 fully saturated rings. The minimum Gasteiger partial charge on any atom is -0.481 e. The van der Waals surface area contributed by atoms with Gasteiger partial charge in [-0.2, -0.15) is 4.98 Å². The van der Waals surface area contributed by atoms with Gasteiger partial charge in [-0.25, -0.2) is 9.37 Å². The van der Waals surface area contributed by atoms with Crippen molar-refractivity contribution in [2.75, 3.05) is 19.0 Å². The number of halogens is 1. The molecule has 1 aromatic carbocycles. The number of aromatic nitrogens is 3. The SMILES string of the molecule is COc1ccnc(NCCc2c[nH]c3cc(F)ccc23)n1. The second-order valence-electron chi connectivity index (χ2n) is 4.60. The molecule has 0 radical (unpaired) electrons. The van der Waals surface area contributed by atoms with E-state index < -0.39 is 0 Å². The third kappa shape index (κ3) is 2.94. The minimum atomic E-state index is -0.237. The van der Waals surface area contributed by atoms with Gasteiger partial charge in [0.1, 0.15) is 5.82 Å². The average Bonchev–Trinajstić information content (AvgIpc) is 2.90. The van der Waals surface area contributed by atoms with Crippen LogP contribution in [0.4, 0.5) is 10.3 Å². The highest BCUT2D eigenvalue weighted by Crippen LogP contribution is 2.19. The fourth-order valence-electron chi connectivity index (χ4n) is 2.22. The van der Waals surface area contributed by atoms with Crippen molar-refractivity contribution in [1.82, 2.24) is 15.0 Å². The monoisotopic (exact) mass is 286 g/mol. The molecule has 0 saturated heterocycles. The number of rotatable bonds is 5. The molecule has 108 valence electrons. The number of methoxy groups -OCH3 is 1. The molecule has 0 unspecified atom stereocenters. The fraction of sp³-hybridized carbons (Fsp3) is 0.200. The zero-order valence-corrected chi connectivity index (χ0v) is 11.6. The maximum absolute atomic E-state index is 13.1. The number of H-pyrrole nitrogens is 1. The molecule has 0 aliphatic heterocycles. The van der Waals surface area contributed by atoms with Gasteiger partial charge in [0.2, 0.25) is 11.8 Å². The first-order valence-electron chi connectivity index (χ1n) is 6.62. The number of anilines is 1. The summed E-state index contributed by atoms with van der Waals surface area (Å²) in [6.45, 7) is 0.678. The first kappa shape index (κ1) is 13.4. The number of ether oxygens (including phenoxy) is 1. The third-order valence-corrected chi connectivity index (χ3v) is 3.25. The Labute approximate surface area is 121 Å². The molecule has 2 aromatic heterocycles. The first-order chi connectivity index (χ1) is 10.3. The van der Waals surface area contributed by atoms with Gasteiger partial charge in [-0.3, -0.25) is 0 Å².